The van der Waals surface area contributed by atoms with Gasteiger partial charge in [-0.05, 0) is 141 Å². The first-order chi connectivity index (χ1) is 43.4. The van der Waals surface area contributed by atoms with Crippen molar-refractivity contribution in [1.29, 1.82) is 0 Å². The van der Waals surface area contributed by atoms with Crippen LogP contribution < -0.4 is 9.47 Å². The fourth-order valence-electron chi connectivity index (χ4n) is 10.9. The molecular formula is C64H92O28. The Morgan fingerprint density at radius 2 is 0.663 bits per heavy atom. The number of esters is 2. The van der Waals surface area contributed by atoms with Crippen LogP contribution in [0.1, 0.15) is 112 Å². The van der Waals surface area contributed by atoms with E-state index in [-0.39, 0.29) is 70.6 Å². The van der Waals surface area contributed by atoms with Crippen LogP contribution >= 0.6 is 0 Å². The molecule has 0 aliphatic carbocycles. The van der Waals surface area contributed by atoms with Crippen LogP contribution in [-0.2, 0) is 68.3 Å². The molecule has 0 aromatic heterocycles. The fourth-order valence-corrected chi connectivity index (χ4v) is 10.9. The molecule has 15 N–H and O–H groups in total. The normalized spacial score (nSPS) is 36.5. The fraction of sp³-hybridized carbons (Fsp3) is 0.656. The van der Waals surface area contributed by atoms with Crippen molar-refractivity contribution in [2.75, 3.05) is 19.8 Å². The van der Waals surface area contributed by atoms with E-state index in [9.17, 15) is 86.2 Å². The molecule has 92 heavy (non-hydrogen) atoms. The van der Waals surface area contributed by atoms with Gasteiger partial charge in [0.2, 0.25) is 18.9 Å². The molecule has 5 fully saturated rings. The van der Waals surface area contributed by atoms with Crippen molar-refractivity contribution in [3.05, 3.63) is 104 Å². The van der Waals surface area contributed by atoms with E-state index in [0.29, 0.717) is 0 Å². The molecule has 5 aliphatic heterocycles. The number of allylic oxidation sites excluding steroid dienone is 8. The molecule has 0 saturated carbocycles. The molecule has 516 valence electrons. The summed E-state index contributed by atoms with van der Waals surface area (Å²) in [5, 5.41) is 163. The molecular weight excluding hydrogens is 1220 g/mol. The minimum absolute atomic E-state index is 0.0484. The molecule has 28 heteroatoms. The number of aliphatic hydroxyl groups is 15. The Labute approximate surface area is 532 Å². The summed E-state index contributed by atoms with van der Waals surface area (Å²) in [6.45, 7) is 14.8. The van der Waals surface area contributed by atoms with Crippen molar-refractivity contribution in [2.45, 2.75) is 248 Å². The predicted molar refractivity (Wildman–Crippen MR) is 319 cm³/mol. The number of hydrogen-bond acceptors (Lipinski definition) is 28. The van der Waals surface area contributed by atoms with Crippen molar-refractivity contribution in [3.63, 3.8) is 0 Å². The number of rotatable bonds is 23. The summed E-state index contributed by atoms with van der Waals surface area (Å²) in [5.41, 5.74) is 4.05. The summed E-state index contributed by atoms with van der Waals surface area (Å²) in [4.78, 5) is 29.6. The van der Waals surface area contributed by atoms with Gasteiger partial charge in [0.15, 0.2) is 30.9 Å². The van der Waals surface area contributed by atoms with Crippen LogP contribution in [0.2, 0.25) is 0 Å². The SMILES string of the molecule is CC(C)=CCc1cc(C(=O)O[C@@H]2O[C@H](CO)[C@@H](O)[C@H](O)[C@H]2OC(=O)c2cc(CC=C(C)C)c(O[C@@H]3O[C@H](CO)[C@@H](O)[C@H](O)[C@H]3O[C@@H]3O[C@@H](C)[C@H](O)[C@@H](O)[C@H]3O)c(CC=C(C)C)c2)cc(CC=C(C)C)c1O[C@@H]1O[C@H](CO)[C@@H](O)[C@H](O)[C@H]1O[C@@H]1O[C@@H](C)[C@H](O)[C@@H](O)[C@H]1O. The topological polar surface area (TPSA) is 439 Å². The molecule has 28 nitrogen and oxygen atoms in total. The van der Waals surface area contributed by atoms with Crippen LogP contribution in [-0.4, -0.2) is 262 Å². The summed E-state index contributed by atoms with van der Waals surface area (Å²) < 4.78 is 66.3. The number of carbonyl (C=O) groups excluding carboxylic acids is 2. The summed E-state index contributed by atoms with van der Waals surface area (Å²) in [7, 11) is 0. The minimum atomic E-state index is -2.07. The number of carbonyl (C=O) groups is 2. The van der Waals surface area contributed by atoms with E-state index in [1.807, 2.05) is 55.4 Å². The van der Waals surface area contributed by atoms with E-state index in [1.54, 1.807) is 24.3 Å². The summed E-state index contributed by atoms with van der Waals surface area (Å²) >= 11 is 0. The van der Waals surface area contributed by atoms with E-state index >= 15 is 0 Å². The smallest absolute Gasteiger partial charge is 0.340 e. The van der Waals surface area contributed by atoms with E-state index in [4.69, 9.17) is 52.1 Å². The van der Waals surface area contributed by atoms with Gasteiger partial charge in [-0.3, -0.25) is 0 Å². The summed E-state index contributed by atoms with van der Waals surface area (Å²) in [6, 6.07) is 5.53. The van der Waals surface area contributed by atoms with Crippen molar-refractivity contribution in [3.8, 4) is 11.5 Å². The Morgan fingerprint density at radius 1 is 0.370 bits per heavy atom. The zero-order valence-electron chi connectivity index (χ0n) is 53.0. The van der Waals surface area contributed by atoms with E-state index in [0.717, 1.165) is 22.3 Å². The van der Waals surface area contributed by atoms with E-state index < -0.39 is 185 Å². The Kier molecular flexibility index (Phi) is 26.4. The van der Waals surface area contributed by atoms with Gasteiger partial charge in [-0.15, -0.1) is 0 Å². The Bertz CT molecular complexity index is 2830. The summed E-state index contributed by atoms with van der Waals surface area (Å²) in [6.07, 6.45) is -35.1. The molecule has 7 rings (SSSR count). The molecule has 25 atom stereocenters. The average molecular weight is 1310 g/mol. The van der Waals surface area contributed by atoms with Gasteiger partial charge < -0.3 is 129 Å². The average Bonchev–Trinajstić information content (AvgIpc) is 0.794. The number of benzene rings is 2. The predicted octanol–water partition coefficient (Wildman–Crippen LogP) is -1.40. The van der Waals surface area contributed by atoms with E-state index in [1.165, 1.54) is 38.1 Å². The molecule has 0 radical (unpaired) electrons. The van der Waals surface area contributed by atoms with Crippen LogP contribution in [0, 0.1) is 0 Å². The molecule has 0 bridgehead atoms. The highest BCUT2D eigenvalue weighted by Crippen LogP contribution is 2.39. The van der Waals surface area contributed by atoms with Gasteiger partial charge in [0.1, 0.15) is 103 Å². The van der Waals surface area contributed by atoms with Crippen LogP contribution in [0.5, 0.6) is 11.5 Å². The second-order valence-electron chi connectivity index (χ2n) is 24.9. The zero-order chi connectivity index (χ0) is 67.9. The second-order valence-corrected chi connectivity index (χ2v) is 24.9. The molecule has 5 saturated heterocycles. The lowest BCUT2D eigenvalue weighted by Crippen LogP contribution is -2.64. The molecule has 0 amide bonds. The maximum Gasteiger partial charge on any atom is 0.340 e. The maximum absolute atomic E-state index is 14.8. The van der Waals surface area contributed by atoms with Crippen molar-refractivity contribution < 1.29 is 138 Å². The third-order valence-corrected chi connectivity index (χ3v) is 16.5. The van der Waals surface area contributed by atoms with Gasteiger partial charge in [0, 0.05) is 0 Å². The first-order valence-corrected chi connectivity index (χ1v) is 30.6. The third-order valence-electron chi connectivity index (χ3n) is 16.5. The highest BCUT2D eigenvalue weighted by Gasteiger charge is 2.54. The maximum atomic E-state index is 14.8. The minimum Gasteiger partial charge on any atom is -0.461 e. The molecule has 2 aromatic carbocycles. The van der Waals surface area contributed by atoms with Gasteiger partial charge in [-0.25, -0.2) is 9.59 Å². The first kappa shape index (κ1) is 74.5. The van der Waals surface area contributed by atoms with Crippen LogP contribution in [0.15, 0.2) is 70.9 Å². The van der Waals surface area contributed by atoms with Crippen molar-refractivity contribution in [2.24, 2.45) is 0 Å². The Hall–Kier alpha value is -4.94. The number of aliphatic hydroxyl groups excluding tert-OH is 15. The van der Waals surface area contributed by atoms with Gasteiger partial charge >= 0.3 is 11.9 Å². The third kappa shape index (κ3) is 17.6. The Balaban J connectivity index is 1.25. The van der Waals surface area contributed by atoms with Crippen molar-refractivity contribution in [1.82, 2.24) is 0 Å². The lowest BCUT2D eigenvalue weighted by Gasteiger charge is -2.45. The number of ether oxygens (including phenoxy) is 11. The van der Waals surface area contributed by atoms with Crippen molar-refractivity contribution >= 4 is 11.9 Å². The van der Waals surface area contributed by atoms with Crippen LogP contribution in [0.4, 0.5) is 0 Å². The highest BCUT2D eigenvalue weighted by molar-refractivity contribution is 5.91. The quantitative estimate of drug-likeness (QED) is 0.0450. The zero-order valence-corrected chi connectivity index (χ0v) is 53.0. The standard InChI is InChI=1S/C64H92O28/c1-26(2)11-15-32-19-36(20-33(16-12-27(3)4)53(32)88-62-56(49(76)44(71)38(23-65)84-62)90-60-51(78)46(73)41(68)30(9)82-60)58(80)87-55-48(75)43(70)40(25-67)86-64(55)92-59(81)37-21-34(17-13-28(5)6)54(35(22-37)18-14-29(7)8)89-63-57(50(77)45(72)39(24-66)85-63)91-61-52(79)47(74)42(69)31(10)83-61/h11-14,19-22,30-31,38-52,55-57,60-79H,15-18,23-25H2,1-10H3/t30-,31-,38+,39+,40+,41-,42-,43+,44+,45+,46+,47+,48-,49-,50-,51+,52+,55+,56+,57+,60-,61-,62-,63-,64-/m0/s1. The molecule has 5 aliphatic rings. The van der Waals surface area contributed by atoms with Gasteiger partial charge in [-0.1, -0.05) is 46.6 Å². The highest BCUT2D eigenvalue weighted by atomic mass is 16.8. The lowest BCUT2D eigenvalue weighted by molar-refractivity contribution is -0.354. The molecule has 5 heterocycles. The molecule has 2 aromatic rings. The largest absolute Gasteiger partial charge is 0.461 e. The second kappa shape index (κ2) is 32.7. The monoisotopic (exact) mass is 1310 g/mol. The lowest BCUT2D eigenvalue weighted by atomic mass is 9.96. The van der Waals surface area contributed by atoms with Gasteiger partial charge in [0.25, 0.3) is 0 Å². The van der Waals surface area contributed by atoms with Gasteiger partial charge in [-0.2, -0.15) is 0 Å². The van der Waals surface area contributed by atoms with Gasteiger partial charge in [0.05, 0.1) is 43.2 Å². The number of hydrogen-bond donors (Lipinski definition) is 15. The Morgan fingerprint density at radius 3 is 0.967 bits per heavy atom. The molecule has 0 unspecified atom stereocenters. The van der Waals surface area contributed by atoms with Crippen LogP contribution in [0.25, 0.3) is 0 Å². The van der Waals surface area contributed by atoms with Crippen LogP contribution in [0.3, 0.4) is 0 Å². The summed E-state index contributed by atoms with van der Waals surface area (Å²) in [5.74, 6) is -2.18. The molecule has 0 spiro atoms. The van der Waals surface area contributed by atoms with E-state index in [2.05, 4.69) is 0 Å². The first-order valence-electron chi connectivity index (χ1n) is 30.6.